The van der Waals surface area contributed by atoms with Crippen LogP contribution in [0, 0.1) is 11.6 Å². The smallest absolute Gasteiger partial charge is 0.128 e. The molecule has 2 N–H and O–H groups in total. The van der Waals surface area contributed by atoms with Gasteiger partial charge >= 0.3 is 0 Å². The molecule has 3 aromatic rings. The Kier molecular flexibility index (Phi) is 3.10. The first-order chi connectivity index (χ1) is 9.65. The Morgan fingerprint density at radius 3 is 2.90 bits per heavy atom. The van der Waals surface area contributed by atoms with E-state index in [-0.39, 0.29) is 6.04 Å². The fourth-order valence-corrected chi connectivity index (χ4v) is 2.25. The van der Waals surface area contributed by atoms with Gasteiger partial charge < -0.3 is 5.32 Å². The molecule has 0 aliphatic heterocycles. The highest BCUT2D eigenvalue weighted by atomic mass is 19.1. The van der Waals surface area contributed by atoms with Crippen LogP contribution in [0.4, 0.5) is 14.5 Å². The number of hydrogen-bond donors (Lipinski definition) is 2. The molecule has 0 aliphatic rings. The molecule has 102 valence electrons. The normalized spacial score (nSPS) is 12.6. The lowest BCUT2D eigenvalue weighted by Gasteiger charge is -2.17. The molecule has 0 amide bonds. The van der Waals surface area contributed by atoms with Crippen LogP contribution in [0.1, 0.15) is 18.5 Å². The third-order valence-electron chi connectivity index (χ3n) is 3.28. The first-order valence-electron chi connectivity index (χ1n) is 6.29. The quantitative estimate of drug-likeness (QED) is 0.756. The van der Waals surface area contributed by atoms with Crippen molar-refractivity contribution in [2.24, 2.45) is 0 Å². The Morgan fingerprint density at radius 2 is 2.05 bits per heavy atom. The van der Waals surface area contributed by atoms with Gasteiger partial charge in [-0.2, -0.15) is 5.10 Å². The SMILES string of the molecule is CC(Nc1cccc2[nH]ncc12)c1cc(F)ccc1F. The summed E-state index contributed by atoms with van der Waals surface area (Å²) in [6, 6.07) is 8.77. The molecule has 1 heterocycles. The highest BCUT2D eigenvalue weighted by Gasteiger charge is 2.13. The number of aromatic amines is 1. The molecule has 0 radical (unpaired) electrons. The fourth-order valence-electron chi connectivity index (χ4n) is 2.25. The number of benzene rings is 2. The Hall–Kier alpha value is -2.43. The van der Waals surface area contributed by atoms with Crippen molar-refractivity contribution in [3.05, 3.63) is 59.8 Å². The van der Waals surface area contributed by atoms with E-state index in [1.54, 1.807) is 13.1 Å². The van der Waals surface area contributed by atoms with Crippen molar-refractivity contribution in [3.8, 4) is 0 Å². The monoisotopic (exact) mass is 273 g/mol. The highest BCUT2D eigenvalue weighted by Crippen LogP contribution is 2.27. The third kappa shape index (κ3) is 2.22. The molecule has 1 aromatic heterocycles. The number of nitrogens with one attached hydrogen (secondary N) is 2. The Morgan fingerprint density at radius 1 is 1.20 bits per heavy atom. The molecular weight excluding hydrogens is 260 g/mol. The van der Waals surface area contributed by atoms with E-state index in [1.807, 2.05) is 18.2 Å². The second-order valence-electron chi connectivity index (χ2n) is 4.67. The molecule has 0 aliphatic carbocycles. The van der Waals surface area contributed by atoms with Crippen LogP contribution in [0.15, 0.2) is 42.6 Å². The fraction of sp³-hybridized carbons (Fsp3) is 0.133. The van der Waals surface area contributed by atoms with Gasteiger partial charge in [-0.25, -0.2) is 8.78 Å². The van der Waals surface area contributed by atoms with Gasteiger partial charge in [-0.1, -0.05) is 6.07 Å². The first-order valence-corrected chi connectivity index (χ1v) is 6.29. The maximum atomic E-state index is 13.8. The van der Waals surface area contributed by atoms with Crippen LogP contribution in [0.2, 0.25) is 0 Å². The van der Waals surface area contributed by atoms with Crippen LogP contribution in [0.25, 0.3) is 10.9 Å². The standard InChI is InChI=1S/C15H13F2N3/c1-9(11-7-10(16)5-6-13(11)17)19-14-3-2-4-15-12(14)8-18-20-15/h2-9,19H,1H3,(H,18,20). The predicted molar refractivity (Wildman–Crippen MR) is 74.5 cm³/mol. The number of nitrogens with zero attached hydrogens (tertiary/aromatic N) is 1. The van der Waals surface area contributed by atoms with E-state index in [9.17, 15) is 8.78 Å². The van der Waals surface area contributed by atoms with Gasteiger partial charge in [0.15, 0.2) is 0 Å². The van der Waals surface area contributed by atoms with Crippen LogP contribution in [-0.2, 0) is 0 Å². The molecule has 3 rings (SSSR count). The molecule has 1 unspecified atom stereocenters. The van der Waals surface area contributed by atoms with E-state index in [4.69, 9.17) is 0 Å². The molecule has 0 bridgehead atoms. The summed E-state index contributed by atoms with van der Waals surface area (Å²) in [4.78, 5) is 0. The number of H-pyrrole nitrogens is 1. The average Bonchev–Trinajstić information content (AvgIpc) is 2.91. The summed E-state index contributed by atoms with van der Waals surface area (Å²) in [5.41, 5.74) is 2.01. The van der Waals surface area contributed by atoms with E-state index < -0.39 is 11.6 Å². The molecule has 3 nitrogen and oxygen atoms in total. The molecule has 0 fully saturated rings. The Balaban J connectivity index is 1.94. The summed E-state index contributed by atoms with van der Waals surface area (Å²) < 4.78 is 27.0. The van der Waals surface area contributed by atoms with Gasteiger partial charge in [0.25, 0.3) is 0 Å². The number of anilines is 1. The van der Waals surface area contributed by atoms with Gasteiger partial charge in [0, 0.05) is 16.6 Å². The molecule has 2 aromatic carbocycles. The van der Waals surface area contributed by atoms with E-state index in [0.29, 0.717) is 5.56 Å². The van der Waals surface area contributed by atoms with E-state index in [1.165, 1.54) is 6.07 Å². The van der Waals surface area contributed by atoms with Crippen molar-refractivity contribution in [1.29, 1.82) is 0 Å². The molecule has 5 heteroatoms. The topological polar surface area (TPSA) is 40.7 Å². The number of rotatable bonds is 3. The molecular formula is C15H13F2N3. The van der Waals surface area contributed by atoms with Gasteiger partial charge in [-0.3, -0.25) is 5.10 Å². The largest absolute Gasteiger partial charge is 0.378 e. The summed E-state index contributed by atoms with van der Waals surface area (Å²) in [5, 5.41) is 10.9. The van der Waals surface area contributed by atoms with E-state index >= 15 is 0 Å². The van der Waals surface area contributed by atoms with Crippen molar-refractivity contribution >= 4 is 16.6 Å². The van der Waals surface area contributed by atoms with Crippen molar-refractivity contribution < 1.29 is 8.78 Å². The summed E-state index contributed by atoms with van der Waals surface area (Å²) in [6.45, 7) is 1.79. The molecule has 0 spiro atoms. The lowest BCUT2D eigenvalue weighted by atomic mass is 10.1. The van der Waals surface area contributed by atoms with Gasteiger partial charge in [-0.05, 0) is 37.3 Å². The number of hydrogen-bond acceptors (Lipinski definition) is 2. The third-order valence-corrected chi connectivity index (χ3v) is 3.28. The summed E-state index contributed by atoms with van der Waals surface area (Å²) >= 11 is 0. The van der Waals surface area contributed by atoms with Crippen molar-refractivity contribution in [3.63, 3.8) is 0 Å². The van der Waals surface area contributed by atoms with Crippen LogP contribution < -0.4 is 5.32 Å². The number of aromatic nitrogens is 2. The highest BCUT2D eigenvalue weighted by molar-refractivity contribution is 5.90. The maximum absolute atomic E-state index is 13.8. The molecule has 20 heavy (non-hydrogen) atoms. The Labute approximate surface area is 114 Å². The number of halogens is 2. The van der Waals surface area contributed by atoms with Gasteiger partial charge in [0.1, 0.15) is 11.6 Å². The molecule has 1 atom stereocenters. The lowest BCUT2D eigenvalue weighted by molar-refractivity contribution is 0.577. The predicted octanol–water partition coefficient (Wildman–Crippen LogP) is 4.01. The lowest BCUT2D eigenvalue weighted by Crippen LogP contribution is -2.09. The summed E-state index contributed by atoms with van der Waals surface area (Å²) in [6.07, 6.45) is 1.70. The van der Waals surface area contributed by atoms with Crippen LogP contribution in [-0.4, -0.2) is 10.2 Å². The zero-order chi connectivity index (χ0) is 14.1. The minimum atomic E-state index is -0.448. The van der Waals surface area contributed by atoms with E-state index in [0.717, 1.165) is 28.7 Å². The molecule has 0 saturated heterocycles. The van der Waals surface area contributed by atoms with E-state index in [2.05, 4.69) is 15.5 Å². The minimum Gasteiger partial charge on any atom is -0.378 e. The average molecular weight is 273 g/mol. The van der Waals surface area contributed by atoms with Crippen molar-refractivity contribution in [2.75, 3.05) is 5.32 Å². The maximum Gasteiger partial charge on any atom is 0.128 e. The van der Waals surface area contributed by atoms with Crippen LogP contribution in [0.5, 0.6) is 0 Å². The zero-order valence-electron chi connectivity index (χ0n) is 10.8. The van der Waals surface area contributed by atoms with Crippen LogP contribution in [0.3, 0.4) is 0 Å². The second kappa shape index (κ2) is 4.92. The van der Waals surface area contributed by atoms with Crippen LogP contribution >= 0.6 is 0 Å². The van der Waals surface area contributed by atoms with Crippen molar-refractivity contribution in [1.82, 2.24) is 10.2 Å². The Bertz CT molecular complexity index is 752. The number of fused-ring (bicyclic) bond motifs is 1. The first kappa shape index (κ1) is 12.6. The minimum absolute atomic E-state index is 0.297. The van der Waals surface area contributed by atoms with Gasteiger partial charge in [0.2, 0.25) is 0 Å². The summed E-state index contributed by atoms with van der Waals surface area (Å²) in [5.74, 6) is -0.873. The second-order valence-corrected chi connectivity index (χ2v) is 4.67. The summed E-state index contributed by atoms with van der Waals surface area (Å²) in [7, 11) is 0. The zero-order valence-corrected chi connectivity index (χ0v) is 10.8. The molecule has 0 saturated carbocycles. The van der Waals surface area contributed by atoms with Gasteiger partial charge in [0.05, 0.1) is 17.8 Å². The van der Waals surface area contributed by atoms with Gasteiger partial charge in [-0.15, -0.1) is 0 Å². The van der Waals surface area contributed by atoms with Crippen molar-refractivity contribution in [2.45, 2.75) is 13.0 Å².